The SMILES string of the molecule is CC(C)CNCc1ccc(CN(C)C2CCCCC2)s1. The van der Waals surface area contributed by atoms with Crippen molar-refractivity contribution in [2.75, 3.05) is 13.6 Å². The highest BCUT2D eigenvalue weighted by molar-refractivity contribution is 7.11. The Hall–Kier alpha value is -0.380. The zero-order valence-corrected chi connectivity index (χ0v) is 14.1. The van der Waals surface area contributed by atoms with Gasteiger partial charge in [0.05, 0.1) is 0 Å². The molecule has 0 atom stereocenters. The molecule has 1 aliphatic carbocycles. The van der Waals surface area contributed by atoms with Crippen LogP contribution in [-0.4, -0.2) is 24.5 Å². The minimum absolute atomic E-state index is 0.729. The molecular weight excluding hydrogens is 264 g/mol. The molecule has 0 saturated heterocycles. The van der Waals surface area contributed by atoms with Gasteiger partial charge in [0.25, 0.3) is 0 Å². The largest absolute Gasteiger partial charge is 0.312 e. The van der Waals surface area contributed by atoms with Crippen LogP contribution in [0.4, 0.5) is 0 Å². The maximum absolute atomic E-state index is 3.53. The van der Waals surface area contributed by atoms with E-state index in [0.29, 0.717) is 0 Å². The summed E-state index contributed by atoms with van der Waals surface area (Å²) in [6.07, 6.45) is 7.07. The molecular formula is C17H30N2S. The van der Waals surface area contributed by atoms with Gasteiger partial charge in [0, 0.05) is 28.9 Å². The van der Waals surface area contributed by atoms with Crippen molar-refractivity contribution in [2.45, 2.75) is 65.1 Å². The average Bonchev–Trinajstić information content (AvgIpc) is 2.87. The molecule has 0 radical (unpaired) electrons. The summed E-state index contributed by atoms with van der Waals surface area (Å²) in [5, 5.41) is 3.53. The highest BCUT2D eigenvalue weighted by Crippen LogP contribution is 2.25. The number of nitrogens with zero attached hydrogens (tertiary/aromatic N) is 1. The summed E-state index contributed by atoms with van der Waals surface area (Å²) < 4.78 is 0. The van der Waals surface area contributed by atoms with Crippen LogP contribution in [0.3, 0.4) is 0 Å². The third kappa shape index (κ3) is 5.19. The molecule has 2 nitrogen and oxygen atoms in total. The van der Waals surface area contributed by atoms with Gasteiger partial charge in [0.2, 0.25) is 0 Å². The zero-order valence-electron chi connectivity index (χ0n) is 13.3. The molecule has 1 fully saturated rings. The Morgan fingerprint density at radius 1 is 1.20 bits per heavy atom. The molecule has 114 valence electrons. The summed E-state index contributed by atoms with van der Waals surface area (Å²) in [7, 11) is 2.30. The predicted molar refractivity (Wildman–Crippen MR) is 89.2 cm³/mol. The fraction of sp³-hybridized carbons (Fsp3) is 0.765. The van der Waals surface area contributed by atoms with Crippen LogP contribution in [0.2, 0.25) is 0 Å². The van der Waals surface area contributed by atoms with Crippen molar-refractivity contribution < 1.29 is 0 Å². The minimum Gasteiger partial charge on any atom is -0.312 e. The highest BCUT2D eigenvalue weighted by Gasteiger charge is 2.18. The summed E-state index contributed by atoms with van der Waals surface area (Å²) in [5.41, 5.74) is 0. The fourth-order valence-electron chi connectivity index (χ4n) is 2.98. The summed E-state index contributed by atoms with van der Waals surface area (Å²) in [6.45, 7) is 7.77. The van der Waals surface area contributed by atoms with Gasteiger partial charge in [-0.1, -0.05) is 33.1 Å². The first kappa shape index (κ1) is 16.0. The van der Waals surface area contributed by atoms with Crippen molar-refractivity contribution in [1.29, 1.82) is 0 Å². The fourth-order valence-corrected chi connectivity index (χ4v) is 4.03. The lowest BCUT2D eigenvalue weighted by molar-refractivity contribution is 0.186. The molecule has 0 bridgehead atoms. The lowest BCUT2D eigenvalue weighted by Gasteiger charge is -2.30. The number of nitrogens with one attached hydrogen (secondary N) is 1. The van der Waals surface area contributed by atoms with Crippen LogP contribution in [-0.2, 0) is 13.1 Å². The minimum atomic E-state index is 0.729. The van der Waals surface area contributed by atoms with Gasteiger partial charge in [-0.2, -0.15) is 0 Å². The Morgan fingerprint density at radius 3 is 2.60 bits per heavy atom. The van der Waals surface area contributed by atoms with E-state index in [1.165, 1.54) is 41.9 Å². The molecule has 1 saturated carbocycles. The average molecular weight is 295 g/mol. The third-order valence-corrected chi connectivity index (χ3v) is 5.24. The van der Waals surface area contributed by atoms with E-state index < -0.39 is 0 Å². The number of rotatable bonds is 7. The second kappa shape index (κ2) is 8.16. The molecule has 0 aromatic carbocycles. The molecule has 20 heavy (non-hydrogen) atoms. The first-order chi connectivity index (χ1) is 9.65. The lowest BCUT2D eigenvalue weighted by Crippen LogP contribution is -2.32. The quantitative estimate of drug-likeness (QED) is 0.808. The van der Waals surface area contributed by atoms with Crippen LogP contribution in [0.15, 0.2) is 12.1 Å². The molecule has 1 aromatic rings. The number of hydrogen-bond donors (Lipinski definition) is 1. The summed E-state index contributed by atoms with van der Waals surface area (Å²) in [4.78, 5) is 5.55. The second-order valence-electron chi connectivity index (χ2n) is 6.60. The van der Waals surface area contributed by atoms with Crippen LogP contribution in [0.5, 0.6) is 0 Å². The van der Waals surface area contributed by atoms with Gasteiger partial charge in [0.1, 0.15) is 0 Å². The van der Waals surface area contributed by atoms with E-state index in [-0.39, 0.29) is 0 Å². The Bertz CT molecular complexity index is 380. The van der Waals surface area contributed by atoms with Gasteiger partial charge in [-0.25, -0.2) is 0 Å². The molecule has 0 amide bonds. The predicted octanol–water partition coefficient (Wildman–Crippen LogP) is 4.26. The van der Waals surface area contributed by atoms with Gasteiger partial charge >= 0.3 is 0 Å². The van der Waals surface area contributed by atoms with Crippen LogP contribution in [0.1, 0.15) is 55.7 Å². The molecule has 2 rings (SSSR count). The number of thiophene rings is 1. The summed E-state index contributed by atoms with van der Waals surface area (Å²) in [5.74, 6) is 0.729. The van der Waals surface area contributed by atoms with Crippen molar-refractivity contribution in [3.05, 3.63) is 21.9 Å². The van der Waals surface area contributed by atoms with Crippen molar-refractivity contribution >= 4 is 11.3 Å². The van der Waals surface area contributed by atoms with Crippen LogP contribution in [0.25, 0.3) is 0 Å². The van der Waals surface area contributed by atoms with Gasteiger partial charge in [-0.15, -0.1) is 11.3 Å². The van der Waals surface area contributed by atoms with E-state index in [4.69, 9.17) is 0 Å². The standard InChI is InChI=1S/C17H30N2S/c1-14(2)11-18-12-16-9-10-17(20-16)13-19(3)15-7-5-4-6-8-15/h9-10,14-15,18H,4-8,11-13H2,1-3H3. The Balaban J connectivity index is 1.76. The van der Waals surface area contributed by atoms with E-state index in [1.54, 1.807) is 0 Å². The van der Waals surface area contributed by atoms with E-state index in [0.717, 1.165) is 31.6 Å². The topological polar surface area (TPSA) is 15.3 Å². The van der Waals surface area contributed by atoms with E-state index >= 15 is 0 Å². The third-order valence-electron chi connectivity index (χ3n) is 4.17. The van der Waals surface area contributed by atoms with Crippen LogP contribution < -0.4 is 5.32 Å². The lowest BCUT2D eigenvalue weighted by atomic mass is 9.94. The van der Waals surface area contributed by atoms with Gasteiger partial charge in [-0.3, -0.25) is 4.90 Å². The molecule has 0 unspecified atom stereocenters. The van der Waals surface area contributed by atoms with Crippen molar-refractivity contribution in [3.63, 3.8) is 0 Å². The van der Waals surface area contributed by atoms with Crippen LogP contribution in [0, 0.1) is 5.92 Å². The Kier molecular flexibility index (Phi) is 6.53. The summed E-state index contributed by atoms with van der Waals surface area (Å²) >= 11 is 1.97. The Morgan fingerprint density at radius 2 is 1.90 bits per heavy atom. The van der Waals surface area contributed by atoms with E-state index in [1.807, 2.05) is 11.3 Å². The Labute approximate surface area is 128 Å². The molecule has 1 N–H and O–H groups in total. The molecule has 1 heterocycles. The van der Waals surface area contributed by atoms with Crippen molar-refractivity contribution in [1.82, 2.24) is 10.2 Å². The molecule has 0 spiro atoms. The smallest absolute Gasteiger partial charge is 0.0327 e. The second-order valence-corrected chi connectivity index (χ2v) is 7.85. The van der Waals surface area contributed by atoms with Crippen LogP contribution >= 0.6 is 11.3 Å². The van der Waals surface area contributed by atoms with E-state index in [2.05, 4.69) is 43.2 Å². The molecule has 1 aliphatic rings. The first-order valence-electron chi connectivity index (χ1n) is 8.13. The van der Waals surface area contributed by atoms with Gasteiger partial charge in [-0.05, 0) is 44.5 Å². The monoisotopic (exact) mass is 294 g/mol. The maximum Gasteiger partial charge on any atom is 0.0327 e. The van der Waals surface area contributed by atoms with E-state index in [9.17, 15) is 0 Å². The van der Waals surface area contributed by atoms with Gasteiger partial charge < -0.3 is 5.32 Å². The normalized spacial score (nSPS) is 17.2. The van der Waals surface area contributed by atoms with Crippen molar-refractivity contribution in [3.8, 4) is 0 Å². The summed E-state index contributed by atoms with van der Waals surface area (Å²) in [6, 6.07) is 5.42. The molecule has 0 aliphatic heterocycles. The molecule has 3 heteroatoms. The van der Waals surface area contributed by atoms with Gasteiger partial charge in [0.15, 0.2) is 0 Å². The highest BCUT2D eigenvalue weighted by atomic mass is 32.1. The molecule has 1 aromatic heterocycles. The maximum atomic E-state index is 3.53. The zero-order chi connectivity index (χ0) is 14.4. The number of hydrogen-bond acceptors (Lipinski definition) is 3. The van der Waals surface area contributed by atoms with Crippen molar-refractivity contribution in [2.24, 2.45) is 5.92 Å². The first-order valence-corrected chi connectivity index (χ1v) is 8.95.